The topological polar surface area (TPSA) is 18.5 Å². The van der Waals surface area contributed by atoms with Gasteiger partial charge in [0, 0.05) is 0 Å². The Hall–Kier alpha value is -1.96. The van der Waals surface area contributed by atoms with Crippen LogP contribution in [0.1, 0.15) is 0 Å². The van der Waals surface area contributed by atoms with Crippen LogP contribution in [0.15, 0.2) is 54.6 Å². The van der Waals surface area contributed by atoms with Gasteiger partial charge in [-0.1, -0.05) is 30.3 Å². The highest BCUT2D eigenvalue weighted by molar-refractivity contribution is 5.21. The molecule has 0 amide bonds. The molecule has 0 heterocycles. The molecule has 0 aliphatic carbocycles. The molecule has 2 heteroatoms. The van der Waals surface area contributed by atoms with Crippen LogP contribution in [0.3, 0.4) is 0 Å². The van der Waals surface area contributed by atoms with Crippen molar-refractivity contribution in [3.05, 3.63) is 60.7 Å². The molecule has 0 unspecified atom stereocenters. The third-order valence-electron chi connectivity index (χ3n) is 2.05. The molecule has 16 heavy (non-hydrogen) atoms. The van der Waals surface area contributed by atoms with E-state index in [-0.39, 0.29) is 0 Å². The lowest BCUT2D eigenvalue weighted by Crippen LogP contribution is -2.08. The molecule has 81 valence electrons. The number of para-hydroxylation sites is 1. The summed E-state index contributed by atoms with van der Waals surface area (Å²) in [4.78, 5) is 0. The lowest BCUT2D eigenvalue weighted by Gasteiger charge is -2.07. The van der Waals surface area contributed by atoms with Crippen molar-refractivity contribution in [2.24, 2.45) is 0 Å². The second kappa shape index (κ2) is 5.81. The largest absolute Gasteiger partial charge is 0.490 e. The van der Waals surface area contributed by atoms with Gasteiger partial charge in [0.25, 0.3) is 0 Å². The van der Waals surface area contributed by atoms with E-state index in [1.165, 1.54) is 0 Å². The first kappa shape index (κ1) is 10.6. The van der Waals surface area contributed by atoms with Crippen LogP contribution in [-0.2, 0) is 0 Å². The van der Waals surface area contributed by atoms with Crippen molar-refractivity contribution < 1.29 is 9.47 Å². The summed E-state index contributed by atoms with van der Waals surface area (Å²) in [7, 11) is 0. The van der Waals surface area contributed by atoms with Gasteiger partial charge < -0.3 is 9.47 Å². The molecule has 2 aromatic carbocycles. The summed E-state index contributed by atoms with van der Waals surface area (Å²) in [5, 5.41) is 0. The fourth-order valence-corrected chi connectivity index (χ4v) is 1.30. The van der Waals surface area contributed by atoms with Crippen molar-refractivity contribution in [2.45, 2.75) is 0 Å². The second-order valence-electron chi connectivity index (χ2n) is 3.25. The Balaban J connectivity index is 1.70. The summed E-state index contributed by atoms with van der Waals surface area (Å²) in [6.45, 7) is 1.08. The third kappa shape index (κ3) is 3.31. The Kier molecular flexibility index (Phi) is 3.83. The van der Waals surface area contributed by atoms with Gasteiger partial charge in [0.1, 0.15) is 24.7 Å². The molecule has 0 saturated carbocycles. The molecule has 0 saturated heterocycles. The van der Waals surface area contributed by atoms with Crippen LogP contribution in [-0.4, -0.2) is 13.2 Å². The van der Waals surface area contributed by atoms with Gasteiger partial charge >= 0.3 is 0 Å². The average Bonchev–Trinajstić information content (AvgIpc) is 2.37. The smallest absolute Gasteiger partial charge is 0.122 e. The first-order valence-corrected chi connectivity index (χ1v) is 5.22. The summed E-state index contributed by atoms with van der Waals surface area (Å²) < 4.78 is 11.0. The van der Waals surface area contributed by atoms with Crippen molar-refractivity contribution >= 4 is 0 Å². The van der Waals surface area contributed by atoms with Gasteiger partial charge in [0.15, 0.2) is 0 Å². The quantitative estimate of drug-likeness (QED) is 0.711. The number of hydrogen-bond donors (Lipinski definition) is 0. The number of ether oxygens (including phenoxy) is 2. The predicted molar refractivity (Wildman–Crippen MR) is 62.7 cm³/mol. The standard InChI is InChI=1S/C14H13O2/c1-3-7-13(8-4-1)15-11-12-16-14-9-5-2-6-10-14/h1,3-10H,11-12H2. The van der Waals surface area contributed by atoms with Crippen LogP contribution in [0.2, 0.25) is 0 Å². The van der Waals surface area contributed by atoms with E-state index in [2.05, 4.69) is 6.07 Å². The highest BCUT2D eigenvalue weighted by Gasteiger charge is 1.93. The second-order valence-corrected chi connectivity index (χ2v) is 3.25. The van der Waals surface area contributed by atoms with Crippen molar-refractivity contribution in [3.8, 4) is 11.5 Å². The Bertz CT molecular complexity index is 356. The van der Waals surface area contributed by atoms with Gasteiger partial charge in [0.2, 0.25) is 0 Å². The van der Waals surface area contributed by atoms with Crippen LogP contribution < -0.4 is 9.47 Å². The van der Waals surface area contributed by atoms with Crippen LogP contribution in [0.25, 0.3) is 0 Å². The maximum Gasteiger partial charge on any atom is 0.122 e. The SMILES string of the molecule is [c]1ccc(OCCOc2ccccc2)cc1. The van der Waals surface area contributed by atoms with Gasteiger partial charge in [-0.25, -0.2) is 0 Å². The lowest BCUT2D eigenvalue weighted by molar-refractivity contribution is 0.217. The van der Waals surface area contributed by atoms with E-state index >= 15 is 0 Å². The molecule has 0 bridgehead atoms. The zero-order chi connectivity index (χ0) is 11.1. The van der Waals surface area contributed by atoms with E-state index in [4.69, 9.17) is 9.47 Å². The van der Waals surface area contributed by atoms with Gasteiger partial charge in [-0.3, -0.25) is 0 Å². The number of rotatable bonds is 5. The minimum atomic E-state index is 0.541. The maximum atomic E-state index is 5.49. The normalized spacial score (nSPS) is 9.75. The fourth-order valence-electron chi connectivity index (χ4n) is 1.30. The van der Waals surface area contributed by atoms with E-state index in [1.54, 1.807) is 0 Å². The fraction of sp³-hybridized carbons (Fsp3) is 0.143. The van der Waals surface area contributed by atoms with E-state index in [0.717, 1.165) is 11.5 Å². The molecule has 1 radical (unpaired) electrons. The summed E-state index contributed by atoms with van der Waals surface area (Å²) in [5.74, 6) is 1.71. The highest BCUT2D eigenvalue weighted by atomic mass is 16.5. The molecule has 0 aliphatic rings. The summed E-state index contributed by atoms with van der Waals surface area (Å²) in [6, 6.07) is 20.1. The molecule has 2 rings (SSSR count). The van der Waals surface area contributed by atoms with Crippen molar-refractivity contribution in [1.82, 2.24) is 0 Å². The molecule has 0 fully saturated rings. The molecule has 0 N–H and O–H groups in total. The molecule has 0 aliphatic heterocycles. The minimum Gasteiger partial charge on any atom is -0.490 e. The Morgan fingerprint density at radius 2 is 1.31 bits per heavy atom. The van der Waals surface area contributed by atoms with E-state index < -0.39 is 0 Å². The van der Waals surface area contributed by atoms with E-state index in [9.17, 15) is 0 Å². The van der Waals surface area contributed by atoms with Gasteiger partial charge in [-0.05, 0) is 30.3 Å². The zero-order valence-corrected chi connectivity index (χ0v) is 8.93. The predicted octanol–water partition coefficient (Wildman–Crippen LogP) is 2.94. The zero-order valence-electron chi connectivity index (χ0n) is 8.93. The van der Waals surface area contributed by atoms with Crippen molar-refractivity contribution in [3.63, 3.8) is 0 Å². The Morgan fingerprint density at radius 3 is 1.94 bits per heavy atom. The van der Waals surface area contributed by atoms with E-state index in [1.807, 2.05) is 54.6 Å². The van der Waals surface area contributed by atoms with Crippen molar-refractivity contribution in [1.29, 1.82) is 0 Å². The molecule has 2 aromatic rings. The summed E-state index contributed by atoms with van der Waals surface area (Å²) >= 11 is 0. The molecule has 0 aromatic heterocycles. The third-order valence-corrected chi connectivity index (χ3v) is 2.05. The van der Waals surface area contributed by atoms with Gasteiger partial charge in [-0.15, -0.1) is 0 Å². The van der Waals surface area contributed by atoms with Crippen LogP contribution in [0.4, 0.5) is 0 Å². The number of benzene rings is 2. The lowest BCUT2D eigenvalue weighted by atomic mass is 10.3. The van der Waals surface area contributed by atoms with Crippen molar-refractivity contribution in [2.75, 3.05) is 13.2 Å². The Labute approximate surface area is 95.4 Å². The molecular weight excluding hydrogens is 200 g/mol. The molecule has 2 nitrogen and oxygen atoms in total. The Morgan fingerprint density at radius 1 is 0.750 bits per heavy atom. The van der Waals surface area contributed by atoms with Crippen LogP contribution in [0, 0.1) is 6.07 Å². The van der Waals surface area contributed by atoms with Crippen LogP contribution in [0.5, 0.6) is 11.5 Å². The average molecular weight is 213 g/mol. The minimum absolute atomic E-state index is 0.541. The molecular formula is C14H13O2. The number of hydrogen-bond acceptors (Lipinski definition) is 2. The first-order valence-electron chi connectivity index (χ1n) is 5.22. The van der Waals surface area contributed by atoms with Gasteiger partial charge in [0.05, 0.1) is 0 Å². The highest BCUT2D eigenvalue weighted by Crippen LogP contribution is 2.09. The maximum absolute atomic E-state index is 5.49. The molecule has 0 spiro atoms. The van der Waals surface area contributed by atoms with Gasteiger partial charge in [-0.2, -0.15) is 0 Å². The van der Waals surface area contributed by atoms with Crippen LogP contribution >= 0.6 is 0 Å². The summed E-state index contributed by atoms with van der Waals surface area (Å²) in [6.07, 6.45) is 0. The first-order chi connectivity index (χ1) is 7.95. The summed E-state index contributed by atoms with van der Waals surface area (Å²) in [5.41, 5.74) is 0. The van der Waals surface area contributed by atoms with E-state index in [0.29, 0.717) is 13.2 Å². The molecule has 0 atom stereocenters. The monoisotopic (exact) mass is 213 g/mol.